The first-order valence-corrected chi connectivity index (χ1v) is 8.76. The van der Waals surface area contributed by atoms with E-state index in [-0.39, 0.29) is 0 Å². The van der Waals surface area contributed by atoms with Gasteiger partial charge in [0.15, 0.2) is 5.82 Å². The maximum atomic E-state index is 5.33. The van der Waals surface area contributed by atoms with E-state index in [1.54, 1.807) is 7.11 Å². The van der Waals surface area contributed by atoms with E-state index < -0.39 is 5.54 Å². The van der Waals surface area contributed by atoms with Gasteiger partial charge in [0.05, 0.1) is 18.3 Å². The molecule has 0 fully saturated rings. The maximum Gasteiger partial charge on any atom is 0.181 e. The topological polar surface area (TPSA) is 64.9 Å². The Morgan fingerprint density at radius 2 is 1.81 bits per heavy atom. The van der Waals surface area contributed by atoms with E-state index >= 15 is 0 Å². The highest BCUT2D eigenvalue weighted by Gasteiger charge is 2.32. The lowest BCUT2D eigenvalue weighted by molar-refractivity contribution is 0.414. The molecule has 26 heavy (non-hydrogen) atoms. The van der Waals surface area contributed by atoms with Crippen LogP contribution in [0.3, 0.4) is 0 Å². The highest BCUT2D eigenvalue weighted by Crippen LogP contribution is 2.31. The Labute approximate surface area is 154 Å². The van der Waals surface area contributed by atoms with Crippen LogP contribution < -0.4 is 10.1 Å². The molecule has 1 heterocycles. The molecule has 6 heteroatoms. The monoisotopic (exact) mass is 351 g/mol. The Balaban J connectivity index is 2.05. The predicted octanol–water partition coefficient (Wildman–Crippen LogP) is 4.03. The summed E-state index contributed by atoms with van der Waals surface area (Å²) in [4.78, 5) is 0. The van der Waals surface area contributed by atoms with Gasteiger partial charge >= 0.3 is 0 Å². The first-order chi connectivity index (χ1) is 12.5. The third-order valence-corrected chi connectivity index (χ3v) is 4.81. The number of aromatic nitrogens is 4. The summed E-state index contributed by atoms with van der Waals surface area (Å²) < 4.78 is 7.18. The Morgan fingerprint density at radius 3 is 2.46 bits per heavy atom. The molecule has 0 unspecified atom stereocenters. The molecular weight excluding hydrogens is 326 g/mol. The van der Waals surface area contributed by atoms with Crippen LogP contribution in [0.1, 0.15) is 37.2 Å². The zero-order valence-electron chi connectivity index (χ0n) is 15.9. The number of ether oxygens (including phenoxy) is 1. The van der Waals surface area contributed by atoms with Crippen LogP contribution in [0.5, 0.6) is 5.75 Å². The minimum Gasteiger partial charge on any atom is -0.497 e. The smallest absolute Gasteiger partial charge is 0.181 e. The molecule has 136 valence electrons. The molecule has 1 aromatic heterocycles. The Hall–Kier alpha value is -2.89. The Morgan fingerprint density at radius 1 is 1.12 bits per heavy atom. The van der Waals surface area contributed by atoms with Crippen molar-refractivity contribution in [2.24, 2.45) is 0 Å². The van der Waals surface area contributed by atoms with E-state index in [0.29, 0.717) is 0 Å². The van der Waals surface area contributed by atoms with Crippen molar-refractivity contribution in [1.82, 2.24) is 20.2 Å². The van der Waals surface area contributed by atoms with Gasteiger partial charge in [-0.3, -0.25) is 0 Å². The summed E-state index contributed by atoms with van der Waals surface area (Å²) in [5.74, 6) is 1.59. The molecule has 0 saturated heterocycles. The van der Waals surface area contributed by atoms with Crippen LogP contribution in [0.15, 0.2) is 42.5 Å². The van der Waals surface area contributed by atoms with Gasteiger partial charge in [0.2, 0.25) is 0 Å². The zero-order valence-corrected chi connectivity index (χ0v) is 15.9. The van der Waals surface area contributed by atoms with Crippen LogP contribution in [0.4, 0.5) is 5.69 Å². The number of hydrogen-bond acceptors (Lipinski definition) is 5. The number of nitrogens with zero attached hydrogens (tertiary/aromatic N) is 4. The molecule has 3 rings (SSSR count). The lowest BCUT2D eigenvalue weighted by Gasteiger charge is -2.30. The van der Waals surface area contributed by atoms with Crippen molar-refractivity contribution >= 4 is 5.69 Å². The number of methoxy groups -OCH3 is 1. The highest BCUT2D eigenvalue weighted by atomic mass is 16.5. The van der Waals surface area contributed by atoms with Crippen molar-refractivity contribution in [3.63, 3.8) is 0 Å². The first-order valence-electron chi connectivity index (χ1n) is 8.76. The maximum absolute atomic E-state index is 5.33. The van der Waals surface area contributed by atoms with E-state index in [0.717, 1.165) is 40.5 Å². The number of benzene rings is 2. The Kier molecular flexibility index (Phi) is 4.93. The predicted molar refractivity (Wildman–Crippen MR) is 103 cm³/mol. The molecule has 0 radical (unpaired) electrons. The summed E-state index contributed by atoms with van der Waals surface area (Å²) in [5.41, 5.74) is 3.83. The van der Waals surface area contributed by atoms with Gasteiger partial charge in [-0.05, 0) is 60.9 Å². The average Bonchev–Trinajstić information content (AvgIpc) is 3.12. The lowest BCUT2D eigenvalue weighted by Crippen LogP contribution is -2.34. The van der Waals surface area contributed by atoms with Crippen molar-refractivity contribution in [2.75, 3.05) is 12.4 Å². The van der Waals surface area contributed by atoms with Crippen molar-refractivity contribution in [3.8, 4) is 11.4 Å². The number of para-hydroxylation sites is 1. The highest BCUT2D eigenvalue weighted by molar-refractivity contribution is 5.52. The molecule has 0 spiro atoms. The molecule has 2 aromatic carbocycles. The van der Waals surface area contributed by atoms with Crippen LogP contribution >= 0.6 is 0 Å². The fourth-order valence-electron chi connectivity index (χ4n) is 3.14. The van der Waals surface area contributed by atoms with Gasteiger partial charge < -0.3 is 10.1 Å². The summed E-state index contributed by atoms with van der Waals surface area (Å²) in [6.45, 7) is 8.39. The number of aryl methyl sites for hydroxylation is 2. The Bertz CT molecular complexity index is 884. The third kappa shape index (κ3) is 3.27. The van der Waals surface area contributed by atoms with Crippen molar-refractivity contribution < 1.29 is 4.74 Å². The summed E-state index contributed by atoms with van der Waals surface area (Å²) >= 11 is 0. The minimum atomic E-state index is -0.440. The van der Waals surface area contributed by atoms with Gasteiger partial charge in [-0.25, -0.2) is 0 Å². The second-order valence-corrected chi connectivity index (χ2v) is 6.70. The molecule has 0 aliphatic carbocycles. The third-order valence-electron chi connectivity index (χ3n) is 4.81. The molecule has 0 aliphatic rings. The van der Waals surface area contributed by atoms with Crippen molar-refractivity contribution in [3.05, 3.63) is 59.4 Å². The summed E-state index contributed by atoms with van der Waals surface area (Å²) in [5, 5.41) is 16.2. The lowest BCUT2D eigenvalue weighted by atomic mass is 9.96. The van der Waals surface area contributed by atoms with Gasteiger partial charge in [-0.15, -0.1) is 5.10 Å². The van der Waals surface area contributed by atoms with Crippen LogP contribution in [-0.4, -0.2) is 27.3 Å². The number of rotatable bonds is 6. The molecule has 0 saturated carbocycles. The van der Waals surface area contributed by atoms with E-state index in [2.05, 4.69) is 60.7 Å². The van der Waals surface area contributed by atoms with Crippen molar-refractivity contribution in [1.29, 1.82) is 0 Å². The van der Waals surface area contributed by atoms with Crippen LogP contribution in [0, 0.1) is 13.8 Å². The van der Waals surface area contributed by atoms with E-state index in [1.165, 1.54) is 0 Å². The average molecular weight is 351 g/mol. The summed E-state index contributed by atoms with van der Waals surface area (Å²) in [6, 6.07) is 14.1. The van der Waals surface area contributed by atoms with Crippen LogP contribution in [-0.2, 0) is 5.54 Å². The molecule has 1 N–H and O–H groups in total. The second-order valence-electron chi connectivity index (χ2n) is 6.70. The molecule has 0 aliphatic heterocycles. The van der Waals surface area contributed by atoms with Gasteiger partial charge in [-0.2, -0.15) is 4.68 Å². The molecule has 6 nitrogen and oxygen atoms in total. The minimum absolute atomic E-state index is 0.440. The fraction of sp³-hybridized carbons (Fsp3) is 0.350. The van der Waals surface area contributed by atoms with Crippen LogP contribution in [0.25, 0.3) is 5.69 Å². The standard InChI is InChI=1S/C20H25N5O/c1-6-20(4,21-16-11-8-12-17(13-16)26-5)19-22-23-24-25(19)18-14(2)9-7-10-15(18)3/h7-13,21H,6H2,1-5H3/t20-/m1/s1. The van der Waals surface area contributed by atoms with Gasteiger partial charge in [0.1, 0.15) is 5.75 Å². The van der Waals surface area contributed by atoms with E-state index in [9.17, 15) is 0 Å². The molecule has 0 bridgehead atoms. The molecule has 0 amide bonds. The SMILES string of the molecule is CC[C@@](C)(Nc1cccc(OC)c1)c1nnnn1-c1c(C)cccc1C. The summed E-state index contributed by atoms with van der Waals surface area (Å²) in [7, 11) is 1.67. The van der Waals surface area contributed by atoms with Gasteiger partial charge in [0, 0.05) is 11.8 Å². The largest absolute Gasteiger partial charge is 0.497 e. The van der Waals surface area contributed by atoms with Gasteiger partial charge in [-0.1, -0.05) is 31.2 Å². The normalized spacial score (nSPS) is 13.3. The first kappa shape index (κ1) is 17.9. The molecule has 1 atom stereocenters. The van der Waals surface area contributed by atoms with Crippen LogP contribution in [0.2, 0.25) is 0 Å². The van der Waals surface area contributed by atoms with E-state index in [1.807, 2.05) is 35.0 Å². The van der Waals surface area contributed by atoms with E-state index in [4.69, 9.17) is 4.74 Å². The quantitative estimate of drug-likeness (QED) is 0.726. The zero-order chi connectivity index (χ0) is 18.7. The van der Waals surface area contributed by atoms with Gasteiger partial charge in [0.25, 0.3) is 0 Å². The second kappa shape index (κ2) is 7.15. The van der Waals surface area contributed by atoms with Crippen molar-refractivity contribution in [2.45, 2.75) is 39.7 Å². The molecule has 3 aromatic rings. The number of nitrogens with one attached hydrogen (secondary N) is 1. The number of tetrazole rings is 1. The number of anilines is 1. The molecular formula is C20H25N5O. The number of hydrogen-bond donors (Lipinski definition) is 1. The fourth-order valence-corrected chi connectivity index (χ4v) is 3.14. The summed E-state index contributed by atoms with van der Waals surface area (Å²) in [6.07, 6.45) is 0.815.